The summed E-state index contributed by atoms with van der Waals surface area (Å²) in [4.78, 5) is 0. The summed E-state index contributed by atoms with van der Waals surface area (Å²) in [5.74, 6) is 5.80. The minimum absolute atomic E-state index is 0.280. The van der Waals surface area contributed by atoms with E-state index in [1.807, 2.05) is 0 Å². The monoisotopic (exact) mass is 288 g/mol. The van der Waals surface area contributed by atoms with Crippen molar-refractivity contribution in [2.45, 2.75) is 26.3 Å². The van der Waals surface area contributed by atoms with Crippen molar-refractivity contribution in [3.05, 3.63) is 64.5 Å². The number of nitrogens with one attached hydrogen (secondary N) is 1. The number of hydrogen-bond acceptors (Lipinski definition) is 3. The van der Waals surface area contributed by atoms with Crippen LogP contribution < -0.4 is 16.0 Å². The van der Waals surface area contributed by atoms with Gasteiger partial charge in [-0.1, -0.05) is 35.4 Å². The summed E-state index contributed by atoms with van der Waals surface area (Å²) in [5, 5.41) is 0. The maximum absolute atomic E-state index is 14.2. The summed E-state index contributed by atoms with van der Waals surface area (Å²) in [7, 11) is 1.52. The highest BCUT2D eigenvalue weighted by Crippen LogP contribution is 2.25. The van der Waals surface area contributed by atoms with Crippen LogP contribution in [0.4, 0.5) is 4.39 Å². The first kappa shape index (κ1) is 15.5. The largest absolute Gasteiger partial charge is 0.497 e. The molecule has 4 heteroatoms. The second kappa shape index (κ2) is 6.70. The van der Waals surface area contributed by atoms with E-state index >= 15 is 0 Å². The van der Waals surface area contributed by atoms with Crippen molar-refractivity contribution >= 4 is 0 Å². The molecule has 0 saturated heterocycles. The molecule has 0 heterocycles. The van der Waals surface area contributed by atoms with Crippen molar-refractivity contribution in [1.29, 1.82) is 0 Å². The highest BCUT2D eigenvalue weighted by atomic mass is 19.1. The summed E-state index contributed by atoms with van der Waals surface area (Å²) in [6.45, 7) is 4.10. The van der Waals surface area contributed by atoms with Crippen molar-refractivity contribution in [3.63, 3.8) is 0 Å². The van der Waals surface area contributed by atoms with Crippen LogP contribution in [0.2, 0.25) is 0 Å². The average molecular weight is 288 g/mol. The maximum Gasteiger partial charge on any atom is 0.131 e. The molecule has 21 heavy (non-hydrogen) atoms. The SMILES string of the molecule is COc1ccc(C(Cc2cc(C)cc(C)c2)NN)c(F)c1. The van der Waals surface area contributed by atoms with Crippen LogP contribution in [-0.4, -0.2) is 7.11 Å². The minimum atomic E-state index is -0.318. The van der Waals surface area contributed by atoms with Gasteiger partial charge in [-0.25, -0.2) is 4.39 Å². The van der Waals surface area contributed by atoms with Gasteiger partial charge in [0.05, 0.1) is 13.2 Å². The molecule has 0 radical (unpaired) electrons. The Morgan fingerprint density at radius 2 is 1.81 bits per heavy atom. The fourth-order valence-electron chi connectivity index (χ4n) is 2.60. The maximum atomic E-state index is 14.2. The van der Waals surface area contributed by atoms with Gasteiger partial charge in [0.2, 0.25) is 0 Å². The van der Waals surface area contributed by atoms with E-state index in [0.29, 0.717) is 17.7 Å². The Kier molecular flexibility index (Phi) is 4.94. The molecule has 0 fully saturated rings. The molecule has 2 rings (SSSR count). The van der Waals surface area contributed by atoms with E-state index in [4.69, 9.17) is 10.6 Å². The van der Waals surface area contributed by atoms with Gasteiger partial charge in [0.25, 0.3) is 0 Å². The first-order chi connectivity index (χ1) is 10.0. The first-order valence-corrected chi connectivity index (χ1v) is 6.90. The van der Waals surface area contributed by atoms with Gasteiger partial charge in [0.15, 0.2) is 0 Å². The molecule has 0 saturated carbocycles. The summed E-state index contributed by atoms with van der Waals surface area (Å²) < 4.78 is 19.2. The van der Waals surface area contributed by atoms with Gasteiger partial charge in [-0.3, -0.25) is 11.3 Å². The van der Waals surface area contributed by atoms with Crippen LogP contribution in [0.1, 0.15) is 28.3 Å². The number of aryl methyl sites for hydroxylation is 2. The van der Waals surface area contributed by atoms with Crippen LogP contribution in [0.5, 0.6) is 5.75 Å². The number of hydrogen-bond donors (Lipinski definition) is 2. The molecular weight excluding hydrogens is 267 g/mol. The number of methoxy groups -OCH3 is 1. The van der Waals surface area contributed by atoms with Gasteiger partial charge in [-0.05, 0) is 31.9 Å². The van der Waals surface area contributed by atoms with Crippen molar-refractivity contribution < 1.29 is 9.13 Å². The summed E-state index contributed by atoms with van der Waals surface area (Å²) in [6, 6.07) is 10.9. The third kappa shape index (κ3) is 3.80. The van der Waals surface area contributed by atoms with Crippen LogP contribution >= 0.6 is 0 Å². The number of hydrazine groups is 1. The number of rotatable bonds is 5. The van der Waals surface area contributed by atoms with E-state index in [1.54, 1.807) is 12.1 Å². The smallest absolute Gasteiger partial charge is 0.131 e. The third-order valence-electron chi connectivity index (χ3n) is 3.51. The molecule has 112 valence electrons. The number of ether oxygens (including phenoxy) is 1. The molecule has 0 spiro atoms. The van der Waals surface area contributed by atoms with E-state index in [2.05, 4.69) is 37.5 Å². The predicted molar refractivity (Wildman–Crippen MR) is 82.6 cm³/mol. The normalized spacial score (nSPS) is 12.2. The van der Waals surface area contributed by atoms with Crippen molar-refractivity contribution in [2.75, 3.05) is 7.11 Å². The zero-order valence-corrected chi connectivity index (χ0v) is 12.6. The standard InChI is InChI=1S/C17H21FN2O/c1-11-6-12(2)8-13(7-11)9-17(20-19)15-5-4-14(21-3)10-16(15)18/h4-8,10,17,20H,9,19H2,1-3H3. The van der Waals surface area contributed by atoms with Gasteiger partial charge < -0.3 is 4.74 Å². The summed E-state index contributed by atoms with van der Waals surface area (Å²) in [5.41, 5.74) is 6.75. The molecule has 0 amide bonds. The van der Waals surface area contributed by atoms with E-state index in [-0.39, 0.29) is 11.9 Å². The summed E-state index contributed by atoms with van der Waals surface area (Å²) >= 11 is 0. The van der Waals surface area contributed by atoms with Gasteiger partial charge >= 0.3 is 0 Å². The molecule has 0 aliphatic rings. The Balaban J connectivity index is 2.27. The second-order valence-corrected chi connectivity index (χ2v) is 5.31. The molecule has 0 bridgehead atoms. The van der Waals surface area contributed by atoms with E-state index in [1.165, 1.54) is 24.3 Å². The fourth-order valence-corrected chi connectivity index (χ4v) is 2.60. The molecule has 3 N–H and O–H groups in total. The van der Waals surface area contributed by atoms with E-state index < -0.39 is 0 Å². The van der Waals surface area contributed by atoms with E-state index in [9.17, 15) is 4.39 Å². The lowest BCUT2D eigenvalue weighted by atomic mass is 9.96. The van der Waals surface area contributed by atoms with Gasteiger partial charge in [0, 0.05) is 11.6 Å². The zero-order valence-electron chi connectivity index (χ0n) is 12.6. The van der Waals surface area contributed by atoms with Crippen LogP contribution in [0.3, 0.4) is 0 Å². The van der Waals surface area contributed by atoms with Gasteiger partial charge in [0.1, 0.15) is 11.6 Å². The Labute approximate surface area is 124 Å². The van der Waals surface area contributed by atoms with Crippen molar-refractivity contribution in [2.24, 2.45) is 5.84 Å². The van der Waals surface area contributed by atoms with Gasteiger partial charge in [-0.2, -0.15) is 0 Å². The van der Waals surface area contributed by atoms with Gasteiger partial charge in [-0.15, -0.1) is 0 Å². The first-order valence-electron chi connectivity index (χ1n) is 6.90. The molecule has 2 aromatic rings. The third-order valence-corrected chi connectivity index (χ3v) is 3.51. The van der Waals surface area contributed by atoms with Crippen LogP contribution in [0, 0.1) is 19.7 Å². The lowest BCUT2D eigenvalue weighted by molar-refractivity contribution is 0.409. The lowest BCUT2D eigenvalue weighted by Crippen LogP contribution is -2.30. The Morgan fingerprint density at radius 3 is 2.33 bits per heavy atom. The number of halogens is 1. The molecule has 1 unspecified atom stereocenters. The minimum Gasteiger partial charge on any atom is -0.497 e. The highest BCUT2D eigenvalue weighted by molar-refractivity contribution is 5.34. The molecule has 0 aliphatic heterocycles. The Hall–Kier alpha value is -1.91. The van der Waals surface area contributed by atoms with Crippen LogP contribution in [-0.2, 0) is 6.42 Å². The van der Waals surface area contributed by atoms with Crippen LogP contribution in [0.25, 0.3) is 0 Å². The lowest BCUT2D eigenvalue weighted by Gasteiger charge is -2.18. The summed E-state index contributed by atoms with van der Waals surface area (Å²) in [6.07, 6.45) is 0.627. The van der Waals surface area contributed by atoms with E-state index in [0.717, 1.165) is 5.56 Å². The fraction of sp³-hybridized carbons (Fsp3) is 0.294. The predicted octanol–water partition coefficient (Wildman–Crippen LogP) is 3.20. The topological polar surface area (TPSA) is 47.3 Å². The Morgan fingerprint density at radius 1 is 1.14 bits per heavy atom. The molecule has 3 nitrogen and oxygen atoms in total. The van der Waals surface area contributed by atoms with Crippen molar-refractivity contribution in [1.82, 2.24) is 5.43 Å². The van der Waals surface area contributed by atoms with Crippen molar-refractivity contribution in [3.8, 4) is 5.75 Å². The average Bonchev–Trinajstić information content (AvgIpc) is 2.44. The molecule has 2 aromatic carbocycles. The van der Waals surface area contributed by atoms with Crippen LogP contribution in [0.15, 0.2) is 36.4 Å². The quantitative estimate of drug-likeness (QED) is 0.656. The number of benzene rings is 2. The number of nitrogens with two attached hydrogens (primary N) is 1. The molecular formula is C17H21FN2O. The Bertz CT molecular complexity index is 608. The molecule has 0 aromatic heterocycles. The zero-order chi connectivity index (χ0) is 15.4. The highest BCUT2D eigenvalue weighted by Gasteiger charge is 2.16. The second-order valence-electron chi connectivity index (χ2n) is 5.31. The molecule has 1 atom stereocenters. The molecule has 0 aliphatic carbocycles.